The number of halogens is 2. The monoisotopic (exact) mass is 317 g/mol. The van der Waals surface area contributed by atoms with E-state index in [-0.39, 0.29) is 0 Å². The van der Waals surface area contributed by atoms with Crippen LogP contribution in [0.2, 0.25) is 0 Å². The Morgan fingerprint density at radius 1 is 1.29 bits per heavy atom. The highest BCUT2D eigenvalue weighted by molar-refractivity contribution is 9.10. The first-order valence-corrected chi connectivity index (χ1v) is 7.28. The third kappa shape index (κ3) is 3.57. The number of nitrogens with zero attached hydrogens (tertiary/aromatic N) is 3. The van der Waals surface area contributed by atoms with Crippen LogP contribution in [0.4, 0.5) is 5.82 Å². The van der Waals surface area contributed by atoms with Gasteiger partial charge in [-0.25, -0.2) is 4.98 Å². The van der Waals surface area contributed by atoms with Crippen molar-refractivity contribution < 1.29 is 0 Å². The van der Waals surface area contributed by atoms with Crippen LogP contribution in [0.15, 0.2) is 22.8 Å². The smallest absolute Gasteiger partial charge is 0.142 e. The van der Waals surface area contributed by atoms with Crippen molar-refractivity contribution in [1.82, 2.24) is 9.88 Å². The molecule has 1 saturated heterocycles. The van der Waals surface area contributed by atoms with Gasteiger partial charge in [-0.05, 0) is 41.0 Å². The number of pyridine rings is 1. The van der Waals surface area contributed by atoms with E-state index in [4.69, 9.17) is 11.6 Å². The Morgan fingerprint density at radius 2 is 2.18 bits per heavy atom. The summed E-state index contributed by atoms with van der Waals surface area (Å²) >= 11 is 9.36. The molecule has 17 heavy (non-hydrogen) atoms. The van der Waals surface area contributed by atoms with E-state index in [1.807, 2.05) is 18.3 Å². The van der Waals surface area contributed by atoms with E-state index >= 15 is 0 Å². The molecular weight excluding hydrogens is 302 g/mol. The molecule has 1 aliphatic heterocycles. The molecule has 0 spiro atoms. The van der Waals surface area contributed by atoms with Gasteiger partial charge in [0, 0.05) is 38.3 Å². The van der Waals surface area contributed by atoms with Crippen molar-refractivity contribution in [3.05, 3.63) is 22.8 Å². The maximum absolute atomic E-state index is 5.79. The van der Waals surface area contributed by atoms with E-state index in [9.17, 15) is 0 Å². The highest BCUT2D eigenvalue weighted by Gasteiger charge is 2.16. The third-order valence-corrected chi connectivity index (χ3v) is 3.82. The summed E-state index contributed by atoms with van der Waals surface area (Å²) in [6, 6.07) is 4.00. The fourth-order valence-electron chi connectivity index (χ4n) is 2.14. The van der Waals surface area contributed by atoms with E-state index < -0.39 is 0 Å². The molecule has 2 heterocycles. The van der Waals surface area contributed by atoms with E-state index in [1.54, 1.807) is 0 Å². The summed E-state index contributed by atoms with van der Waals surface area (Å²) in [5.41, 5.74) is 0. The van der Waals surface area contributed by atoms with Crippen LogP contribution in [0.3, 0.4) is 0 Å². The van der Waals surface area contributed by atoms with E-state index in [0.29, 0.717) is 5.88 Å². The first-order chi connectivity index (χ1) is 8.31. The topological polar surface area (TPSA) is 19.4 Å². The third-order valence-electron chi connectivity index (χ3n) is 3.03. The molecule has 0 N–H and O–H groups in total. The number of hydrogen-bond donors (Lipinski definition) is 0. The molecule has 94 valence electrons. The van der Waals surface area contributed by atoms with Crippen molar-refractivity contribution in [3.63, 3.8) is 0 Å². The summed E-state index contributed by atoms with van der Waals surface area (Å²) in [6.07, 6.45) is 3.02. The number of anilines is 1. The van der Waals surface area contributed by atoms with Crippen molar-refractivity contribution in [2.45, 2.75) is 6.42 Å². The van der Waals surface area contributed by atoms with Gasteiger partial charge in [0.15, 0.2) is 0 Å². The van der Waals surface area contributed by atoms with Crippen LogP contribution >= 0.6 is 27.5 Å². The molecule has 0 radical (unpaired) electrons. The lowest BCUT2D eigenvalue weighted by Crippen LogP contribution is -2.32. The number of hydrogen-bond acceptors (Lipinski definition) is 3. The minimum Gasteiger partial charge on any atom is -0.354 e. The molecule has 2 rings (SSSR count). The SMILES string of the molecule is ClCCN1CCCN(c2ncccc2Br)CC1. The van der Waals surface area contributed by atoms with Gasteiger partial charge in [-0.3, -0.25) is 0 Å². The van der Waals surface area contributed by atoms with Gasteiger partial charge in [0.1, 0.15) is 5.82 Å². The maximum Gasteiger partial charge on any atom is 0.142 e. The molecule has 5 heteroatoms. The lowest BCUT2D eigenvalue weighted by molar-refractivity contribution is 0.311. The van der Waals surface area contributed by atoms with E-state index in [1.165, 1.54) is 6.42 Å². The van der Waals surface area contributed by atoms with Crippen LogP contribution < -0.4 is 4.90 Å². The standard InChI is InChI=1S/C12H17BrClN3/c13-11-3-1-5-15-12(11)17-7-2-6-16(8-4-14)9-10-17/h1,3,5H,2,4,6-10H2. The molecule has 0 saturated carbocycles. The normalized spacial score (nSPS) is 18.1. The Morgan fingerprint density at radius 3 is 2.94 bits per heavy atom. The van der Waals surface area contributed by atoms with Crippen molar-refractivity contribution in [2.75, 3.05) is 43.5 Å². The molecule has 1 aliphatic rings. The number of rotatable bonds is 3. The molecule has 0 amide bonds. The number of aromatic nitrogens is 1. The van der Waals surface area contributed by atoms with Gasteiger partial charge in [0.25, 0.3) is 0 Å². The van der Waals surface area contributed by atoms with Crippen molar-refractivity contribution >= 4 is 33.3 Å². The summed E-state index contributed by atoms with van der Waals surface area (Å²) in [5, 5.41) is 0. The highest BCUT2D eigenvalue weighted by atomic mass is 79.9. The maximum atomic E-state index is 5.79. The fraction of sp³-hybridized carbons (Fsp3) is 0.583. The molecule has 0 bridgehead atoms. The quantitative estimate of drug-likeness (QED) is 0.799. The molecule has 1 aromatic heterocycles. The molecule has 0 aromatic carbocycles. The second-order valence-corrected chi connectivity index (χ2v) is 5.41. The van der Waals surface area contributed by atoms with Crippen LogP contribution in [0, 0.1) is 0 Å². The second-order valence-electron chi connectivity index (χ2n) is 4.18. The van der Waals surface area contributed by atoms with Crippen LogP contribution in [-0.4, -0.2) is 48.5 Å². The molecule has 3 nitrogen and oxygen atoms in total. The number of alkyl halides is 1. The fourth-order valence-corrected chi connectivity index (χ4v) is 2.88. The predicted molar refractivity (Wildman–Crippen MR) is 75.9 cm³/mol. The highest BCUT2D eigenvalue weighted by Crippen LogP contribution is 2.23. The Kier molecular flexibility index (Phi) is 5.07. The Bertz CT molecular complexity index is 361. The zero-order valence-electron chi connectivity index (χ0n) is 9.78. The minimum absolute atomic E-state index is 0.716. The summed E-state index contributed by atoms with van der Waals surface area (Å²) in [4.78, 5) is 9.22. The Labute approximate surface area is 116 Å². The summed E-state index contributed by atoms with van der Waals surface area (Å²) < 4.78 is 1.07. The van der Waals surface area contributed by atoms with Gasteiger partial charge in [-0.2, -0.15) is 0 Å². The molecule has 0 atom stereocenters. The first-order valence-electron chi connectivity index (χ1n) is 5.95. The zero-order valence-corrected chi connectivity index (χ0v) is 12.1. The Balaban J connectivity index is 2.01. The van der Waals surface area contributed by atoms with Crippen LogP contribution in [0.5, 0.6) is 0 Å². The lowest BCUT2D eigenvalue weighted by atomic mass is 10.3. The van der Waals surface area contributed by atoms with Crippen molar-refractivity contribution in [3.8, 4) is 0 Å². The van der Waals surface area contributed by atoms with Gasteiger partial charge in [-0.1, -0.05) is 0 Å². The molecule has 0 aliphatic carbocycles. The van der Waals surface area contributed by atoms with Crippen LogP contribution in [0.25, 0.3) is 0 Å². The van der Waals surface area contributed by atoms with Gasteiger partial charge in [-0.15, -0.1) is 11.6 Å². The van der Waals surface area contributed by atoms with Crippen molar-refractivity contribution in [2.24, 2.45) is 0 Å². The predicted octanol–water partition coefficient (Wildman–Crippen LogP) is 2.60. The molecule has 1 aromatic rings. The van der Waals surface area contributed by atoms with Gasteiger partial charge < -0.3 is 9.80 Å². The summed E-state index contributed by atoms with van der Waals surface area (Å²) in [5.74, 6) is 1.77. The lowest BCUT2D eigenvalue weighted by Gasteiger charge is -2.23. The van der Waals surface area contributed by atoms with E-state index in [2.05, 4.69) is 30.7 Å². The van der Waals surface area contributed by atoms with Gasteiger partial charge in [0.05, 0.1) is 4.47 Å². The Hall–Kier alpha value is -0.320. The molecule has 0 unspecified atom stereocenters. The summed E-state index contributed by atoms with van der Waals surface area (Å²) in [6.45, 7) is 5.27. The molecule has 1 fully saturated rings. The first kappa shape index (κ1) is 13.1. The average molecular weight is 319 g/mol. The van der Waals surface area contributed by atoms with Gasteiger partial charge in [0.2, 0.25) is 0 Å². The molecular formula is C12H17BrClN3. The zero-order chi connectivity index (χ0) is 12.1. The van der Waals surface area contributed by atoms with Crippen molar-refractivity contribution in [1.29, 1.82) is 0 Å². The minimum atomic E-state index is 0.716. The largest absolute Gasteiger partial charge is 0.354 e. The summed E-state index contributed by atoms with van der Waals surface area (Å²) in [7, 11) is 0. The van der Waals surface area contributed by atoms with Crippen LogP contribution in [0.1, 0.15) is 6.42 Å². The van der Waals surface area contributed by atoms with E-state index in [0.717, 1.165) is 43.0 Å². The van der Waals surface area contributed by atoms with Crippen LogP contribution in [-0.2, 0) is 0 Å². The second kappa shape index (κ2) is 6.57. The average Bonchev–Trinajstić information content (AvgIpc) is 2.56. The van der Waals surface area contributed by atoms with Gasteiger partial charge >= 0.3 is 0 Å².